The van der Waals surface area contributed by atoms with E-state index in [0.29, 0.717) is 9.99 Å². The molecule has 1 fully saturated rings. The maximum atomic E-state index is 12.1. The van der Waals surface area contributed by atoms with E-state index in [9.17, 15) is 4.79 Å². The van der Waals surface area contributed by atoms with Gasteiger partial charge in [0.15, 0.2) is 5.11 Å². The Morgan fingerprint density at radius 2 is 1.63 bits per heavy atom. The molecule has 1 aliphatic heterocycles. The van der Waals surface area contributed by atoms with Gasteiger partial charge in [-0.05, 0) is 66.5 Å². The van der Waals surface area contributed by atoms with Crippen LogP contribution in [0.15, 0.2) is 66.0 Å². The van der Waals surface area contributed by atoms with E-state index in [1.807, 2.05) is 23.6 Å². The summed E-state index contributed by atoms with van der Waals surface area (Å²) in [6, 6.07) is 20.3. The molecule has 7 heteroatoms. The fourth-order valence-electron chi connectivity index (χ4n) is 3.61. The summed E-state index contributed by atoms with van der Waals surface area (Å²) in [7, 11) is 0. The van der Waals surface area contributed by atoms with Crippen LogP contribution in [-0.4, -0.2) is 37.2 Å². The Kier molecular flexibility index (Phi) is 6.30. The Morgan fingerprint density at radius 1 is 0.933 bits per heavy atom. The number of carbonyl (C=O) groups excluding carboxylic acids is 1. The van der Waals surface area contributed by atoms with Crippen molar-refractivity contribution in [3.8, 4) is 0 Å². The van der Waals surface area contributed by atoms with Crippen molar-refractivity contribution in [3.63, 3.8) is 0 Å². The van der Waals surface area contributed by atoms with Gasteiger partial charge in [0.05, 0.1) is 4.88 Å². The zero-order valence-electron chi connectivity index (χ0n) is 16.8. The number of anilines is 3. The number of piperazine rings is 1. The zero-order chi connectivity index (χ0) is 20.9. The third-order valence-electron chi connectivity index (χ3n) is 5.20. The monoisotopic (exact) mass is 436 g/mol. The summed E-state index contributed by atoms with van der Waals surface area (Å²) in [5.74, 6) is -0.189. The number of thiocarbonyl (C=S) groups is 1. The van der Waals surface area contributed by atoms with Gasteiger partial charge in [-0.25, -0.2) is 0 Å². The highest BCUT2D eigenvalue weighted by molar-refractivity contribution is 7.80. The van der Waals surface area contributed by atoms with Crippen molar-refractivity contribution in [1.29, 1.82) is 0 Å². The first-order valence-corrected chi connectivity index (χ1v) is 11.2. The molecule has 1 aromatic heterocycles. The van der Waals surface area contributed by atoms with Gasteiger partial charge in [-0.15, -0.1) is 11.3 Å². The Balaban J connectivity index is 1.30. The molecule has 1 amide bonds. The zero-order valence-corrected chi connectivity index (χ0v) is 18.4. The van der Waals surface area contributed by atoms with Gasteiger partial charge in [0.25, 0.3) is 5.91 Å². The van der Waals surface area contributed by atoms with Gasteiger partial charge in [-0.2, -0.15) is 0 Å². The standard InChI is InChI=1S/C23H24N4OS2/c1-17-5-2-3-6-20(17)27-14-12-26(13-15-27)19-10-8-18(9-11-19)24-23(29)25-22(28)21-7-4-16-30-21/h2-11,16H,12-15H2,1H3,(H2,24,25,28,29). The first-order valence-electron chi connectivity index (χ1n) is 9.91. The lowest BCUT2D eigenvalue weighted by Crippen LogP contribution is -2.46. The normalized spacial score (nSPS) is 13.8. The quantitative estimate of drug-likeness (QED) is 0.590. The van der Waals surface area contributed by atoms with Gasteiger partial charge in [-0.3, -0.25) is 10.1 Å². The summed E-state index contributed by atoms with van der Waals surface area (Å²) in [5.41, 5.74) is 4.70. The Hall–Kier alpha value is -2.90. The molecular weight excluding hydrogens is 412 g/mol. The largest absolute Gasteiger partial charge is 0.368 e. The summed E-state index contributed by atoms with van der Waals surface area (Å²) in [6.07, 6.45) is 0. The van der Waals surface area contributed by atoms with Crippen LogP contribution in [0.1, 0.15) is 15.2 Å². The van der Waals surface area contributed by atoms with Gasteiger partial charge in [-0.1, -0.05) is 24.3 Å². The molecule has 0 bridgehead atoms. The molecule has 5 nitrogen and oxygen atoms in total. The fourth-order valence-corrected chi connectivity index (χ4v) is 4.44. The van der Waals surface area contributed by atoms with Crippen molar-refractivity contribution in [3.05, 3.63) is 76.5 Å². The minimum atomic E-state index is -0.189. The molecule has 154 valence electrons. The van der Waals surface area contributed by atoms with Crippen LogP contribution >= 0.6 is 23.6 Å². The van der Waals surface area contributed by atoms with Gasteiger partial charge in [0, 0.05) is 43.2 Å². The third-order valence-corrected chi connectivity index (χ3v) is 6.27. The first-order chi connectivity index (χ1) is 14.6. The van der Waals surface area contributed by atoms with Crippen molar-refractivity contribution in [2.75, 3.05) is 41.3 Å². The number of amides is 1. The fraction of sp³-hybridized carbons (Fsp3) is 0.217. The minimum absolute atomic E-state index is 0.189. The van der Waals surface area contributed by atoms with E-state index in [4.69, 9.17) is 12.2 Å². The number of hydrogen-bond acceptors (Lipinski definition) is 5. The van der Waals surface area contributed by atoms with Crippen molar-refractivity contribution in [2.24, 2.45) is 0 Å². The van der Waals surface area contributed by atoms with Gasteiger partial charge < -0.3 is 15.1 Å². The van der Waals surface area contributed by atoms with Crippen LogP contribution in [0.4, 0.5) is 17.1 Å². The average Bonchev–Trinajstić information content (AvgIpc) is 3.30. The van der Waals surface area contributed by atoms with Gasteiger partial charge in [0.1, 0.15) is 0 Å². The minimum Gasteiger partial charge on any atom is -0.368 e. The maximum absolute atomic E-state index is 12.1. The van der Waals surface area contributed by atoms with Crippen molar-refractivity contribution in [1.82, 2.24) is 5.32 Å². The second-order valence-electron chi connectivity index (χ2n) is 7.19. The number of para-hydroxylation sites is 1. The molecule has 0 atom stereocenters. The predicted molar refractivity (Wildman–Crippen MR) is 130 cm³/mol. The Morgan fingerprint density at radius 3 is 2.30 bits per heavy atom. The van der Waals surface area contributed by atoms with E-state index in [1.54, 1.807) is 6.07 Å². The van der Waals surface area contributed by atoms with Gasteiger partial charge in [0.2, 0.25) is 0 Å². The number of benzene rings is 2. The summed E-state index contributed by atoms with van der Waals surface area (Å²) in [5, 5.41) is 7.95. The molecule has 3 aromatic rings. The van der Waals surface area contributed by atoms with Crippen LogP contribution < -0.4 is 20.4 Å². The van der Waals surface area contributed by atoms with Crippen LogP contribution in [-0.2, 0) is 0 Å². The van der Waals surface area contributed by atoms with Crippen molar-refractivity contribution >= 4 is 51.6 Å². The SMILES string of the molecule is Cc1ccccc1N1CCN(c2ccc(NC(=S)NC(=O)c3cccs3)cc2)CC1. The molecule has 4 rings (SSSR count). The Labute approximate surface area is 186 Å². The van der Waals surface area contributed by atoms with Crippen molar-refractivity contribution in [2.45, 2.75) is 6.92 Å². The van der Waals surface area contributed by atoms with Crippen LogP contribution in [0.5, 0.6) is 0 Å². The second kappa shape index (κ2) is 9.28. The summed E-state index contributed by atoms with van der Waals surface area (Å²) in [6.45, 7) is 6.14. The van der Waals surface area contributed by atoms with E-state index in [1.165, 1.54) is 28.3 Å². The molecule has 0 saturated carbocycles. The smallest absolute Gasteiger partial charge is 0.267 e. The molecule has 1 saturated heterocycles. The lowest BCUT2D eigenvalue weighted by atomic mass is 10.1. The van der Waals surface area contributed by atoms with Crippen LogP contribution in [0.2, 0.25) is 0 Å². The lowest BCUT2D eigenvalue weighted by molar-refractivity contribution is 0.0981. The molecule has 0 spiro atoms. The predicted octanol–water partition coefficient (Wildman–Crippen LogP) is 4.51. The van der Waals surface area contributed by atoms with Crippen LogP contribution in [0.3, 0.4) is 0 Å². The molecule has 2 aromatic carbocycles. The Bertz CT molecular complexity index is 1010. The average molecular weight is 437 g/mol. The highest BCUT2D eigenvalue weighted by Gasteiger charge is 2.18. The van der Waals surface area contributed by atoms with E-state index in [0.717, 1.165) is 31.9 Å². The number of thiophene rings is 1. The van der Waals surface area contributed by atoms with E-state index in [-0.39, 0.29) is 5.91 Å². The topological polar surface area (TPSA) is 47.6 Å². The summed E-state index contributed by atoms with van der Waals surface area (Å²) < 4.78 is 0. The van der Waals surface area contributed by atoms with Crippen LogP contribution in [0, 0.1) is 6.92 Å². The molecule has 0 radical (unpaired) electrons. The number of aryl methyl sites for hydroxylation is 1. The number of carbonyl (C=O) groups is 1. The van der Waals surface area contributed by atoms with Crippen LogP contribution in [0.25, 0.3) is 0 Å². The highest BCUT2D eigenvalue weighted by atomic mass is 32.1. The third kappa shape index (κ3) is 4.80. The summed E-state index contributed by atoms with van der Waals surface area (Å²) in [4.78, 5) is 17.6. The van der Waals surface area contributed by atoms with Gasteiger partial charge >= 0.3 is 0 Å². The molecule has 30 heavy (non-hydrogen) atoms. The number of rotatable bonds is 4. The van der Waals surface area contributed by atoms with E-state index >= 15 is 0 Å². The number of nitrogens with one attached hydrogen (secondary N) is 2. The number of hydrogen-bond donors (Lipinski definition) is 2. The second-order valence-corrected chi connectivity index (χ2v) is 8.55. The van der Waals surface area contributed by atoms with E-state index in [2.05, 4.69) is 63.8 Å². The summed E-state index contributed by atoms with van der Waals surface area (Å²) >= 11 is 6.65. The molecular formula is C23H24N4OS2. The van der Waals surface area contributed by atoms with E-state index < -0.39 is 0 Å². The molecule has 2 N–H and O–H groups in total. The molecule has 1 aliphatic rings. The number of nitrogens with zero attached hydrogens (tertiary/aromatic N) is 2. The lowest BCUT2D eigenvalue weighted by Gasteiger charge is -2.38. The van der Waals surface area contributed by atoms with Crippen molar-refractivity contribution < 1.29 is 4.79 Å². The maximum Gasteiger partial charge on any atom is 0.267 e. The molecule has 0 aliphatic carbocycles. The first kappa shape index (κ1) is 20.4. The molecule has 2 heterocycles. The molecule has 0 unspecified atom stereocenters. The highest BCUT2D eigenvalue weighted by Crippen LogP contribution is 2.24.